The number of nitrogens with zero attached hydrogens (tertiary/aromatic N) is 1. The van der Waals surface area contributed by atoms with E-state index in [9.17, 15) is 4.79 Å². The van der Waals surface area contributed by atoms with Gasteiger partial charge in [0, 0.05) is 18.8 Å². The Morgan fingerprint density at radius 2 is 1.91 bits per heavy atom. The largest absolute Gasteiger partial charge is 0.362 e. The molecule has 3 rings (SSSR count). The number of hydrogen-bond donors (Lipinski definition) is 1. The minimum Gasteiger partial charge on any atom is -0.362 e. The van der Waals surface area contributed by atoms with Gasteiger partial charge in [-0.25, -0.2) is 0 Å². The van der Waals surface area contributed by atoms with E-state index < -0.39 is 0 Å². The number of hydrogen-bond acceptors (Lipinski definition) is 2. The fraction of sp³-hybridized carbons (Fsp3) is 0.350. The normalized spacial score (nSPS) is 13.5. The van der Waals surface area contributed by atoms with Gasteiger partial charge in [0.25, 0.3) is 0 Å². The predicted octanol–water partition coefficient (Wildman–Crippen LogP) is 3.11. The molecule has 0 saturated carbocycles. The maximum absolute atomic E-state index is 12.2. The third-order valence-electron chi connectivity index (χ3n) is 4.52. The van der Waals surface area contributed by atoms with Gasteiger partial charge in [0.15, 0.2) is 0 Å². The lowest BCUT2D eigenvalue weighted by Crippen LogP contribution is -2.40. The van der Waals surface area contributed by atoms with Gasteiger partial charge in [0.2, 0.25) is 5.91 Å². The second kappa shape index (κ2) is 7.32. The molecule has 23 heavy (non-hydrogen) atoms. The van der Waals surface area contributed by atoms with Gasteiger partial charge in [-0.05, 0) is 48.9 Å². The fourth-order valence-corrected chi connectivity index (χ4v) is 3.23. The lowest BCUT2D eigenvalue weighted by Gasteiger charge is -2.30. The van der Waals surface area contributed by atoms with Crippen LogP contribution in [0.15, 0.2) is 48.5 Å². The van der Waals surface area contributed by atoms with Crippen LogP contribution in [0, 0.1) is 6.92 Å². The van der Waals surface area contributed by atoms with Crippen LogP contribution in [-0.2, 0) is 17.6 Å². The summed E-state index contributed by atoms with van der Waals surface area (Å²) in [5.74, 6) is 0.107. The Hall–Kier alpha value is -2.29. The Balaban J connectivity index is 1.52. The van der Waals surface area contributed by atoms with E-state index in [-0.39, 0.29) is 5.91 Å². The summed E-state index contributed by atoms with van der Waals surface area (Å²) in [4.78, 5) is 14.4. The SMILES string of the molecule is Cc1ccccc1CCNC(=O)CN1CCCc2ccccc21. The van der Waals surface area contributed by atoms with Crippen molar-refractivity contribution >= 4 is 11.6 Å². The summed E-state index contributed by atoms with van der Waals surface area (Å²) in [6.07, 6.45) is 3.12. The molecule has 1 aliphatic rings. The van der Waals surface area contributed by atoms with Crippen LogP contribution in [-0.4, -0.2) is 25.5 Å². The zero-order chi connectivity index (χ0) is 16.1. The van der Waals surface area contributed by atoms with Crippen molar-refractivity contribution in [3.63, 3.8) is 0 Å². The number of fused-ring (bicyclic) bond motifs is 1. The van der Waals surface area contributed by atoms with Gasteiger partial charge in [-0.3, -0.25) is 4.79 Å². The molecule has 0 atom stereocenters. The summed E-state index contributed by atoms with van der Waals surface area (Å²) in [5.41, 5.74) is 5.15. The number of rotatable bonds is 5. The number of nitrogens with one attached hydrogen (secondary N) is 1. The van der Waals surface area contributed by atoms with Crippen molar-refractivity contribution in [2.75, 3.05) is 24.5 Å². The van der Waals surface area contributed by atoms with Crippen molar-refractivity contribution in [3.05, 3.63) is 65.2 Å². The first-order valence-corrected chi connectivity index (χ1v) is 8.38. The van der Waals surface area contributed by atoms with E-state index >= 15 is 0 Å². The first-order chi connectivity index (χ1) is 11.2. The molecular weight excluding hydrogens is 284 g/mol. The van der Waals surface area contributed by atoms with Gasteiger partial charge in [-0.15, -0.1) is 0 Å². The number of carbonyl (C=O) groups excluding carboxylic acids is 1. The van der Waals surface area contributed by atoms with Crippen LogP contribution in [0.25, 0.3) is 0 Å². The molecular formula is C20H24N2O. The highest BCUT2D eigenvalue weighted by molar-refractivity contribution is 5.81. The zero-order valence-corrected chi connectivity index (χ0v) is 13.7. The van der Waals surface area contributed by atoms with E-state index in [0.717, 1.165) is 25.8 Å². The van der Waals surface area contributed by atoms with Crippen molar-refractivity contribution < 1.29 is 4.79 Å². The lowest BCUT2D eigenvalue weighted by molar-refractivity contribution is -0.119. The van der Waals surface area contributed by atoms with Crippen LogP contribution < -0.4 is 10.2 Å². The summed E-state index contributed by atoms with van der Waals surface area (Å²) in [5, 5.41) is 3.06. The molecule has 2 aromatic carbocycles. The van der Waals surface area contributed by atoms with Gasteiger partial charge in [0.1, 0.15) is 0 Å². The Morgan fingerprint density at radius 1 is 1.13 bits per heavy atom. The predicted molar refractivity (Wildman–Crippen MR) is 94.9 cm³/mol. The number of carbonyl (C=O) groups is 1. The molecule has 0 spiro atoms. The van der Waals surface area contributed by atoms with Gasteiger partial charge in [-0.2, -0.15) is 0 Å². The van der Waals surface area contributed by atoms with E-state index in [0.29, 0.717) is 13.1 Å². The van der Waals surface area contributed by atoms with Crippen molar-refractivity contribution in [3.8, 4) is 0 Å². The van der Waals surface area contributed by atoms with Crippen LogP contribution in [0.4, 0.5) is 5.69 Å². The van der Waals surface area contributed by atoms with Crippen molar-refractivity contribution in [1.29, 1.82) is 0 Å². The van der Waals surface area contributed by atoms with E-state index in [4.69, 9.17) is 0 Å². The molecule has 1 aliphatic heterocycles. The maximum atomic E-state index is 12.2. The average Bonchev–Trinajstić information content (AvgIpc) is 2.57. The second-order valence-corrected chi connectivity index (χ2v) is 6.18. The van der Waals surface area contributed by atoms with Crippen LogP contribution in [0.1, 0.15) is 23.1 Å². The molecule has 0 aromatic heterocycles. The second-order valence-electron chi connectivity index (χ2n) is 6.18. The van der Waals surface area contributed by atoms with Crippen LogP contribution >= 0.6 is 0 Å². The minimum absolute atomic E-state index is 0.107. The monoisotopic (exact) mass is 308 g/mol. The molecule has 0 radical (unpaired) electrons. The van der Waals surface area contributed by atoms with Crippen molar-refractivity contribution in [2.24, 2.45) is 0 Å². The van der Waals surface area contributed by atoms with Gasteiger partial charge in [0.05, 0.1) is 6.54 Å². The first kappa shape index (κ1) is 15.6. The Bertz CT molecular complexity index is 681. The molecule has 0 aliphatic carbocycles. The molecule has 1 heterocycles. The van der Waals surface area contributed by atoms with Crippen molar-refractivity contribution in [1.82, 2.24) is 5.32 Å². The molecule has 3 heteroatoms. The number of benzene rings is 2. The molecule has 1 N–H and O–H groups in total. The smallest absolute Gasteiger partial charge is 0.239 e. The summed E-state index contributed by atoms with van der Waals surface area (Å²) in [6.45, 7) is 4.22. The molecule has 2 aromatic rings. The molecule has 1 amide bonds. The van der Waals surface area contributed by atoms with Crippen LogP contribution in [0.2, 0.25) is 0 Å². The Morgan fingerprint density at radius 3 is 2.78 bits per heavy atom. The minimum atomic E-state index is 0.107. The Kier molecular flexibility index (Phi) is 4.96. The number of amides is 1. The molecule has 120 valence electrons. The average molecular weight is 308 g/mol. The highest BCUT2D eigenvalue weighted by Crippen LogP contribution is 2.26. The molecule has 3 nitrogen and oxygen atoms in total. The number of aryl methyl sites for hydroxylation is 2. The van der Waals surface area contributed by atoms with E-state index in [1.165, 1.54) is 22.4 Å². The third-order valence-corrected chi connectivity index (χ3v) is 4.52. The molecule has 0 fully saturated rings. The lowest BCUT2D eigenvalue weighted by atomic mass is 10.0. The van der Waals surface area contributed by atoms with E-state index in [1.807, 2.05) is 12.1 Å². The highest BCUT2D eigenvalue weighted by atomic mass is 16.2. The number of anilines is 1. The summed E-state index contributed by atoms with van der Waals surface area (Å²) < 4.78 is 0. The van der Waals surface area contributed by atoms with Gasteiger partial charge < -0.3 is 10.2 Å². The summed E-state index contributed by atoms with van der Waals surface area (Å²) in [7, 11) is 0. The summed E-state index contributed by atoms with van der Waals surface area (Å²) >= 11 is 0. The quantitative estimate of drug-likeness (QED) is 0.920. The highest BCUT2D eigenvalue weighted by Gasteiger charge is 2.18. The Labute approximate surface area is 138 Å². The van der Waals surface area contributed by atoms with Gasteiger partial charge >= 0.3 is 0 Å². The first-order valence-electron chi connectivity index (χ1n) is 8.38. The van der Waals surface area contributed by atoms with Crippen LogP contribution in [0.5, 0.6) is 0 Å². The number of para-hydroxylation sites is 1. The zero-order valence-electron chi connectivity index (χ0n) is 13.7. The van der Waals surface area contributed by atoms with E-state index in [2.05, 4.69) is 53.5 Å². The standard InChI is InChI=1S/C20H24N2O/c1-16-7-2-3-8-17(16)12-13-21-20(23)15-22-14-6-10-18-9-4-5-11-19(18)22/h2-5,7-9,11H,6,10,12-15H2,1H3,(H,21,23). The topological polar surface area (TPSA) is 32.3 Å². The fourth-order valence-electron chi connectivity index (χ4n) is 3.23. The van der Waals surface area contributed by atoms with Crippen LogP contribution in [0.3, 0.4) is 0 Å². The van der Waals surface area contributed by atoms with Crippen molar-refractivity contribution in [2.45, 2.75) is 26.2 Å². The molecule has 0 saturated heterocycles. The molecule has 0 bridgehead atoms. The molecule has 0 unspecified atom stereocenters. The van der Waals surface area contributed by atoms with Gasteiger partial charge in [-0.1, -0.05) is 42.5 Å². The summed E-state index contributed by atoms with van der Waals surface area (Å²) in [6, 6.07) is 16.7. The maximum Gasteiger partial charge on any atom is 0.239 e. The third kappa shape index (κ3) is 3.92. The van der Waals surface area contributed by atoms with E-state index in [1.54, 1.807) is 0 Å².